The zero-order valence-corrected chi connectivity index (χ0v) is 20.5. The van der Waals surface area contributed by atoms with Crippen LogP contribution in [0, 0.1) is 5.82 Å². The summed E-state index contributed by atoms with van der Waals surface area (Å²) in [6.07, 6.45) is 3.40. The first-order chi connectivity index (χ1) is 15.8. The fraction of sp³-hybridized carbons (Fsp3) is 0.208. The first-order valence-electron chi connectivity index (χ1n) is 10.1. The van der Waals surface area contributed by atoms with Gasteiger partial charge in [0.25, 0.3) is 5.56 Å². The van der Waals surface area contributed by atoms with Crippen molar-refractivity contribution in [3.63, 3.8) is 0 Å². The molecule has 170 valence electrons. The van der Waals surface area contributed by atoms with Gasteiger partial charge in [-0.05, 0) is 56.0 Å². The van der Waals surface area contributed by atoms with E-state index in [2.05, 4.69) is 4.99 Å². The number of rotatable bonds is 5. The summed E-state index contributed by atoms with van der Waals surface area (Å²) in [5, 5.41) is 0.202. The zero-order chi connectivity index (χ0) is 23.7. The molecule has 1 aliphatic rings. The summed E-state index contributed by atoms with van der Waals surface area (Å²) in [4.78, 5) is 32.4. The van der Waals surface area contributed by atoms with Crippen LogP contribution in [0.3, 0.4) is 0 Å². The number of benzene rings is 2. The van der Waals surface area contributed by atoms with Gasteiger partial charge in [-0.25, -0.2) is 14.2 Å². The normalized spacial score (nSPS) is 15.9. The van der Waals surface area contributed by atoms with Crippen LogP contribution in [0.15, 0.2) is 68.4 Å². The van der Waals surface area contributed by atoms with Crippen LogP contribution in [0.4, 0.5) is 4.39 Å². The number of halogens is 2. The minimum atomic E-state index is -0.713. The predicted molar refractivity (Wildman–Crippen MR) is 130 cm³/mol. The van der Waals surface area contributed by atoms with Gasteiger partial charge in [0.15, 0.2) is 4.80 Å². The second-order valence-electron chi connectivity index (χ2n) is 7.21. The van der Waals surface area contributed by atoms with E-state index < -0.39 is 17.8 Å². The number of ether oxygens (including phenoxy) is 1. The third-order valence-electron chi connectivity index (χ3n) is 5.22. The lowest BCUT2D eigenvalue weighted by Crippen LogP contribution is -2.39. The lowest BCUT2D eigenvalue weighted by atomic mass is 9.96. The molecule has 1 aromatic heterocycles. The fourth-order valence-electron chi connectivity index (χ4n) is 3.67. The molecule has 1 aliphatic heterocycles. The maximum Gasteiger partial charge on any atom is 0.338 e. The van der Waals surface area contributed by atoms with E-state index in [1.54, 1.807) is 31.7 Å². The fourth-order valence-corrected chi connectivity index (χ4v) is 5.33. The van der Waals surface area contributed by atoms with Crippen LogP contribution >= 0.6 is 34.7 Å². The summed E-state index contributed by atoms with van der Waals surface area (Å²) in [6.45, 7) is 3.65. The average Bonchev–Trinajstić information content (AvgIpc) is 3.10. The highest BCUT2D eigenvalue weighted by atomic mass is 35.5. The first kappa shape index (κ1) is 23.5. The van der Waals surface area contributed by atoms with Crippen LogP contribution in [-0.2, 0) is 9.53 Å². The number of allylic oxidation sites excluding steroid dienone is 1. The molecule has 0 fully saturated rings. The molecule has 0 radical (unpaired) electrons. The average molecular weight is 503 g/mol. The third-order valence-corrected chi connectivity index (χ3v) is 7.28. The molecular weight excluding hydrogens is 483 g/mol. The number of thioether (sulfide) groups is 1. The standard InChI is InChI=1S/C24H20ClFN2O3S2/c1-4-31-23(30)20-13(2)27-24-28(21(20)14-8-10-15(32-3)11-9-14)22(29)19(33-24)12-16-17(25)6-5-7-18(16)26/h5-12,21H,4H2,1-3H3/b19-12-/t21-/m1/s1. The van der Waals surface area contributed by atoms with Gasteiger partial charge in [0, 0.05) is 10.5 Å². The van der Waals surface area contributed by atoms with Gasteiger partial charge in [0.2, 0.25) is 0 Å². The molecule has 33 heavy (non-hydrogen) atoms. The van der Waals surface area contributed by atoms with Gasteiger partial charge in [0.1, 0.15) is 5.82 Å². The summed E-state index contributed by atoms with van der Waals surface area (Å²) >= 11 is 8.88. The maximum absolute atomic E-state index is 14.4. The topological polar surface area (TPSA) is 60.7 Å². The smallest absolute Gasteiger partial charge is 0.338 e. The van der Waals surface area contributed by atoms with E-state index in [0.29, 0.717) is 16.1 Å². The maximum atomic E-state index is 14.4. The van der Waals surface area contributed by atoms with Crippen molar-refractivity contribution in [3.8, 4) is 0 Å². The van der Waals surface area contributed by atoms with Crippen molar-refractivity contribution in [2.45, 2.75) is 24.8 Å². The van der Waals surface area contributed by atoms with Crippen LogP contribution < -0.4 is 14.9 Å². The predicted octanol–water partition coefficient (Wildman–Crippen LogP) is 4.31. The quantitative estimate of drug-likeness (QED) is 0.385. The summed E-state index contributed by atoms with van der Waals surface area (Å²) < 4.78 is 21.4. The Labute approximate surface area is 202 Å². The minimum Gasteiger partial charge on any atom is -0.463 e. The Hall–Kier alpha value is -2.68. The molecule has 4 rings (SSSR count). The van der Waals surface area contributed by atoms with Gasteiger partial charge >= 0.3 is 5.97 Å². The molecule has 9 heteroatoms. The third kappa shape index (κ3) is 4.43. The largest absolute Gasteiger partial charge is 0.463 e. The van der Waals surface area contributed by atoms with Crippen molar-refractivity contribution in [3.05, 3.63) is 95.4 Å². The van der Waals surface area contributed by atoms with Gasteiger partial charge in [-0.2, -0.15) is 0 Å². The lowest BCUT2D eigenvalue weighted by molar-refractivity contribution is -0.139. The van der Waals surface area contributed by atoms with Crippen molar-refractivity contribution in [2.24, 2.45) is 4.99 Å². The zero-order valence-electron chi connectivity index (χ0n) is 18.1. The Morgan fingerprint density at radius 1 is 1.30 bits per heavy atom. The number of carbonyl (C=O) groups excluding carboxylic acids is 1. The summed E-state index contributed by atoms with van der Waals surface area (Å²) in [5.41, 5.74) is 1.28. The second kappa shape index (κ2) is 9.67. The number of thiazole rings is 1. The van der Waals surface area contributed by atoms with E-state index in [1.165, 1.54) is 22.8 Å². The first-order valence-corrected chi connectivity index (χ1v) is 12.5. The molecule has 0 unspecified atom stereocenters. The summed E-state index contributed by atoms with van der Waals surface area (Å²) in [6, 6.07) is 11.3. The van der Waals surface area contributed by atoms with Gasteiger partial charge in [-0.3, -0.25) is 9.36 Å². The molecule has 0 N–H and O–H groups in total. The molecular formula is C24H20ClFN2O3S2. The molecule has 0 bridgehead atoms. The number of hydrogen-bond donors (Lipinski definition) is 0. The van der Waals surface area contributed by atoms with Crippen LogP contribution in [0.1, 0.15) is 31.0 Å². The Morgan fingerprint density at radius 3 is 2.67 bits per heavy atom. The Bertz CT molecular complexity index is 1420. The van der Waals surface area contributed by atoms with E-state index in [4.69, 9.17) is 16.3 Å². The van der Waals surface area contributed by atoms with Crippen LogP contribution in [-0.4, -0.2) is 23.4 Å². The monoisotopic (exact) mass is 502 g/mol. The van der Waals surface area contributed by atoms with Gasteiger partial charge in [0.05, 0.1) is 33.5 Å². The number of nitrogens with zero attached hydrogens (tertiary/aromatic N) is 2. The highest BCUT2D eigenvalue weighted by Crippen LogP contribution is 2.31. The minimum absolute atomic E-state index is 0.131. The van der Waals surface area contributed by atoms with Crippen molar-refractivity contribution < 1.29 is 13.9 Å². The van der Waals surface area contributed by atoms with Gasteiger partial charge < -0.3 is 4.74 Å². The number of esters is 1. The van der Waals surface area contributed by atoms with Crippen molar-refractivity contribution in [2.75, 3.05) is 12.9 Å². The van der Waals surface area contributed by atoms with Crippen molar-refractivity contribution >= 4 is 46.7 Å². The second-order valence-corrected chi connectivity index (χ2v) is 9.51. The molecule has 0 aliphatic carbocycles. The number of aromatic nitrogens is 1. The van der Waals surface area contributed by atoms with Gasteiger partial charge in [-0.15, -0.1) is 11.8 Å². The van der Waals surface area contributed by atoms with Gasteiger partial charge in [-0.1, -0.05) is 41.1 Å². The van der Waals surface area contributed by atoms with Crippen molar-refractivity contribution in [1.82, 2.24) is 4.57 Å². The molecule has 2 heterocycles. The molecule has 0 saturated carbocycles. The SMILES string of the molecule is CCOC(=O)C1=C(C)N=c2s/c(=C\c3c(F)cccc3Cl)c(=O)n2[C@@H]1c1ccc(SC)cc1. The number of fused-ring (bicyclic) bond motifs is 1. The molecule has 5 nitrogen and oxygen atoms in total. The molecule has 1 atom stereocenters. The Balaban J connectivity index is 1.97. The van der Waals surface area contributed by atoms with E-state index in [9.17, 15) is 14.0 Å². The molecule has 0 spiro atoms. The highest BCUT2D eigenvalue weighted by molar-refractivity contribution is 7.98. The molecule has 0 amide bonds. The van der Waals surface area contributed by atoms with Crippen molar-refractivity contribution in [1.29, 1.82) is 0 Å². The molecule has 3 aromatic rings. The summed E-state index contributed by atoms with van der Waals surface area (Å²) in [7, 11) is 0. The van der Waals surface area contributed by atoms with E-state index in [1.807, 2.05) is 30.5 Å². The van der Waals surface area contributed by atoms with E-state index >= 15 is 0 Å². The molecule has 0 saturated heterocycles. The van der Waals surface area contributed by atoms with Crippen LogP contribution in [0.2, 0.25) is 5.02 Å². The Kier molecular flexibility index (Phi) is 6.88. The Morgan fingerprint density at radius 2 is 2.03 bits per heavy atom. The lowest BCUT2D eigenvalue weighted by Gasteiger charge is -2.24. The number of hydrogen-bond acceptors (Lipinski definition) is 6. The van der Waals surface area contributed by atoms with Crippen LogP contribution in [0.5, 0.6) is 0 Å². The van der Waals surface area contributed by atoms with E-state index in [-0.39, 0.29) is 27.3 Å². The molecule has 2 aromatic carbocycles. The highest BCUT2D eigenvalue weighted by Gasteiger charge is 2.33. The van der Waals surface area contributed by atoms with Crippen LogP contribution in [0.25, 0.3) is 6.08 Å². The number of carbonyl (C=O) groups is 1. The summed E-state index contributed by atoms with van der Waals surface area (Å²) in [5.74, 6) is -1.05. The van der Waals surface area contributed by atoms with E-state index in [0.717, 1.165) is 21.8 Å².